The lowest BCUT2D eigenvalue weighted by Gasteiger charge is -2.16. The second-order valence-electron chi connectivity index (χ2n) is 5.13. The number of hydrogen-bond acceptors (Lipinski definition) is 2. The summed E-state index contributed by atoms with van der Waals surface area (Å²) in [5, 5.41) is 0. The molecular formula is C17H17N3O. The SMILES string of the molecule is CN(Cc1ccccc1)C(=O)c1nc2ccccc2n1C. The summed E-state index contributed by atoms with van der Waals surface area (Å²) < 4.78 is 1.85. The van der Waals surface area contributed by atoms with E-state index in [-0.39, 0.29) is 5.91 Å². The summed E-state index contributed by atoms with van der Waals surface area (Å²) in [5.74, 6) is 0.396. The summed E-state index contributed by atoms with van der Waals surface area (Å²) in [4.78, 5) is 18.7. The monoisotopic (exact) mass is 279 g/mol. The number of rotatable bonds is 3. The highest BCUT2D eigenvalue weighted by molar-refractivity contribution is 5.94. The minimum Gasteiger partial charge on any atom is -0.335 e. The van der Waals surface area contributed by atoms with Crippen LogP contribution in [0.5, 0.6) is 0 Å². The molecule has 2 aromatic carbocycles. The van der Waals surface area contributed by atoms with Gasteiger partial charge in [0, 0.05) is 20.6 Å². The molecule has 3 aromatic rings. The van der Waals surface area contributed by atoms with Crippen LogP contribution >= 0.6 is 0 Å². The summed E-state index contributed by atoms with van der Waals surface area (Å²) >= 11 is 0. The van der Waals surface area contributed by atoms with Crippen LogP contribution in [0, 0.1) is 0 Å². The Morgan fingerprint density at radius 2 is 1.76 bits per heavy atom. The van der Waals surface area contributed by atoms with Crippen LogP contribution in [0.1, 0.15) is 16.2 Å². The quantitative estimate of drug-likeness (QED) is 0.739. The number of benzene rings is 2. The summed E-state index contributed by atoms with van der Waals surface area (Å²) in [7, 11) is 3.67. The fraction of sp³-hybridized carbons (Fsp3) is 0.176. The average Bonchev–Trinajstić information content (AvgIpc) is 2.85. The number of para-hydroxylation sites is 2. The normalized spacial score (nSPS) is 10.8. The van der Waals surface area contributed by atoms with E-state index in [1.54, 1.807) is 11.9 Å². The van der Waals surface area contributed by atoms with E-state index in [4.69, 9.17) is 0 Å². The molecule has 1 heterocycles. The molecule has 0 aliphatic rings. The van der Waals surface area contributed by atoms with Gasteiger partial charge in [0.15, 0.2) is 5.82 Å². The van der Waals surface area contributed by atoms with Gasteiger partial charge in [0.2, 0.25) is 0 Å². The van der Waals surface area contributed by atoms with E-state index in [1.807, 2.05) is 66.2 Å². The van der Waals surface area contributed by atoms with E-state index in [1.165, 1.54) is 0 Å². The van der Waals surface area contributed by atoms with Crippen molar-refractivity contribution in [2.75, 3.05) is 7.05 Å². The molecule has 0 aliphatic carbocycles. The number of fused-ring (bicyclic) bond motifs is 1. The topological polar surface area (TPSA) is 38.1 Å². The molecule has 0 bridgehead atoms. The molecule has 4 nitrogen and oxygen atoms in total. The molecule has 0 N–H and O–H groups in total. The lowest BCUT2D eigenvalue weighted by Crippen LogP contribution is -2.28. The zero-order valence-electron chi connectivity index (χ0n) is 12.2. The highest BCUT2D eigenvalue weighted by atomic mass is 16.2. The Kier molecular flexibility index (Phi) is 3.44. The lowest BCUT2D eigenvalue weighted by molar-refractivity contribution is 0.0770. The molecule has 1 aromatic heterocycles. The smallest absolute Gasteiger partial charge is 0.289 e. The molecule has 0 atom stereocenters. The van der Waals surface area contributed by atoms with Gasteiger partial charge >= 0.3 is 0 Å². The number of carbonyl (C=O) groups is 1. The Morgan fingerprint density at radius 3 is 2.48 bits per heavy atom. The van der Waals surface area contributed by atoms with E-state index in [2.05, 4.69) is 4.98 Å². The summed E-state index contributed by atoms with van der Waals surface area (Å²) in [6.45, 7) is 0.572. The van der Waals surface area contributed by atoms with E-state index in [0.717, 1.165) is 16.6 Å². The molecule has 0 aliphatic heterocycles. The van der Waals surface area contributed by atoms with Crippen LogP contribution in [0.15, 0.2) is 54.6 Å². The van der Waals surface area contributed by atoms with Crippen LogP contribution in [0.3, 0.4) is 0 Å². The number of nitrogens with zero attached hydrogens (tertiary/aromatic N) is 3. The van der Waals surface area contributed by atoms with Crippen molar-refractivity contribution in [2.24, 2.45) is 7.05 Å². The Balaban J connectivity index is 1.88. The van der Waals surface area contributed by atoms with Crippen LogP contribution in [-0.2, 0) is 13.6 Å². The third-order valence-electron chi connectivity index (χ3n) is 3.59. The number of carbonyl (C=O) groups excluding carboxylic acids is 1. The van der Waals surface area contributed by atoms with Gasteiger partial charge in [-0.25, -0.2) is 4.98 Å². The average molecular weight is 279 g/mol. The van der Waals surface area contributed by atoms with E-state index >= 15 is 0 Å². The van der Waals surface area contributed by atoms with Gasteiger partial charge in [-0.1, -0.05) is 42.5 Å². The maximum atomic E-state index is 12.6. The third-order valence-corrected chi connectivity index (χ3v) is 3.59. The van der Waals surface area contributed by atoms with Crippen molar-refractivity contribution in [3.8, 4) is 0 Å². The number of imidazole rings is 1. The Labute approximate surface area is 123 Å². The molecule has 1 amide bonds. The molecule has 0 unspecified atom stereocenters. The van der Waals surface area contributed by atoms with Gasteiger partial charge in [-0.15, -0.1) is 0 Å². The molecule has 0 saturated heterocycles. The van der Waals surface area contributed by atoms with E-state index < -0.39 is 0 Å². The standard InChI is InChI=1S/C17H17N3O/c1-19(12-13-8-4-3-5-9-13)17(21)16-18-14-10-6-7-11-15(14)20(16)2/h3-11H,12H2,1-2H3. The molecular weight excluding hydrogens is 262 g/mol. The molecule has 21 heavy (non-hydrogen) atoms. The molecule has 0 spiro atoms. The second kappa shape index (κ2) is 5.40. The van der Waals surface area contributed by atoms with Crippen LogP contribution in [0.2, 0.25) is 0 Å². The van der Waals surface area contributed by atoms with E-state index in [9.17, 15) is 4.79 Å². The first kappa shape index (κ1) is 13.4. The largest absolute Gasteiger partial charge is 0.335 e. The first-order valence-electron chi connectivity index (χ1n) is 6.87. The first-order chi connectivity index (χ1) is 10.2. The van der Waals surface area contributed by atoms with Crippen molar-refractivity contribution < 1.29 is 4.79 Å². The van der Waals surface area contributed by atoms with Crippen LogP contribution in [0.4, 0.5) is 0 Å². The Bertz CT molecular complexity index is 777. The van der Waals surface area contributed by atoms with Crippen molar-refractivity contribution >= 4 is 16.9 Å². The van der Waals surface area contributed by atoms with Crippen molar-refractivity contribution in [3.05, 3.63) is 66.0 Å². The molecule has 0 radical (unpaired) electrons. The van der Waals surface area contributed by atoms with Crippen molar-refractivity contribution in [3.63, 3.8) is 0 Å². The summed E-state index contributed by atoms with van der Waals surface area (Å²) in [5.41, 5.74) is 2.91. The predicted octanol–water partition coefficient (Wildman–Crippen LogP) is 2.85. The third kappa shape index (κ3) is 2.52. The van der Waals surface area contributed by atoms with Gasteiger partial charge in [0.1, 0.15) is 0 Å². The molecule has 0 fully saturated rings. The van der Waals surface area contributed by atoms with Crippen LogP contribution in [-0.4, -0.2) is 27.4 Å². The predicted molar refractivity (Wildman–Crippen MR) is 83.0 cm³/mol. The van der Waals surface area contributed by atoms with Crippen molar-refractivity contribution in [2.45, 2.75) is 6.54 Å². The maximum Gasteiger partial charge on any atom is 0.289 e. The fourth-order valence-corrected chi connectivity index (χ4v) is 2.44. The number of aryl methyl sites for hydroxylation is 1. The lowest BCUT2D eigenvalue weighted by atomic mass is 10.2. The number of amides is 1. The molecule has 106 valence electrons. The maximum absolute atomic E-state index is 12.6. The first-order valence-corrected chi connectivity index (χ1v) is 6.87. The van der Waals surface area contributed by atoms with Crippen LogP contribution in [0.25, 0.3) is 11.0 Å². The fourth-order valence-electron chi connectivity index (χ4n) is 2.44. The van der Waals surface area contributed by atoms with Gasteiger partial charge in [-0.3, -0.25) is 4.79 Å². The second-order valence-corrected chi connectivity index (χ2v) is 5.13. The van der Waals surface area contributed by atoms with Crippen LogP contribution < -0.4 is 0 Å². The minimum atomic E-state index is -0.0717. The Hall–Kier alpha value is -2.62. The van der Waals surface area contributed by atoms with Gasteiger partial charge in [-0.05, 0) is 17.7 Å². The van der Waals surface area contributed by atoms with Crippen molar-refractivity contribution in [1.29, 1.82) is 0 Å². The summed E-state index contributed by atoms with van der Waals surface area (Å²) in [6, 6.07) is 17.7. The van der Waals surface area contributed by atoms with Gasteiger partial charge in [0.25, 0.3) is 5.91 Å². The van der Waals surface area contributed by atoms with E-state index in [0.29, 0.717) is 12.4 Å². The highest BCUT2D eigenvalue weighted by Crippen LogP contribution is 2.16. The van der Waals surface area contributed by atoms with Gasteiger partial charge in [0.05, 0.1) is 11.0 Å². The molecule has 0 saturated carbocycles. The minimum absolute atomic E-state index is 0.0717. The summed E-state index contributed by atoms with van der Waals surface area (Å²) in [6.07, 6.45) is 0. The number of hydrogen-bond donors (Lipinski definition) is 0. The van der Waals surface area contributed by atoms with Crippen molar-refractivity contribution in [1.82, 2.24) is 14.5 Å². The highest BCUT2D eigenvalue weighted by Gasteiger charge is 2.19. The Morgan fingerprint density at radius 1 is 1.10 bits per heavy atom. The zero-order chi connectivity index (χ0) is 14.8. The van der Waals surface area contributed by atoms with Gasteiger partial charge in [-0.2, -0.15) is 0 Å². The van der Waals surface area contributed by atoms with Gasteiger partial charge < -0.3 is 9.47 Å². The number of aromatic nitrogens is 2. The zero-order valence-corrected chi connectivity index (χ0v) is 12.2. The molecule has 3 rings (SSSR count). The molecule has 4 heteroatoms.